The average Bonchev–Trinajstić information content (AvgIpc) is 3.39. The number of likely N-dealkylation sites (tertiary alicyclic amines) is 1. The highest BCUT2D eigenvalue weighted by atomic mass is 16.2. The van der Waals surface area contributed by atoms with E-state index in [4.69, 9.17) is 0 Å². The van der Waals surface area contributed by atoms with Crippen LogP contribution in [0.4, 0.5) is 5.69 Å². The van der Waals surface area contributed by atoms with Crippen molar-refractivity contribution in [3.63, 3.8) is 0 Å². The molecule has 3 fully saturated rings. The minimum Gasteiger partial charge on any atom is -0.370 e. The number of anilines is 1. The molecule has 0 aromatic heterocycles. The van der Waals surface area contributed by atoms with E-state index in [1.807, 2.05) is 6.07 Å². The second kappa shape index (κ2) is 8.26. The van der Waals surface area contributed by atoms with Gasteiger partial charge in [0.1, 0.15) is 6.04 Å². The molecule has 1 saturated carbocycles. The molecule has 7 nitrogen and oxygen atoms in total. The van der Waals surface area contributed by atoms with Gasteiger partial charge in [-0.1, -0.05) is 6.42 Å². The molecule has 5 rings (SSSR count). The molecule has 31 heavy (non-hydrogen) atoms. The normalized spacial score (nSPS) is 29.3. The van der Waals surface area contributed by atoms with Crippen molar-refractivity contribution in [2.24, 2.45) is 0 Å². The van der Waals surface area contributed by atoms with Gasteiger partial charge in [0.2, 0.25) is 11.8 Å². The fourth-order valence-corrected chi connectivity index (χ4v) is 6.02. The fraction of sp³-hybridized carbons (Fsp3) is 0.625. The van der Waals surface area contributed by atoms with Crippen LogP contribution in [0.3, 0.4) is 0 Å². The molecular formula is C24H32N4O3. The number of nitrogens with one attached hydrogen (secondary N) is 1. The second-order valence-corrected chi connectivity index (χ2v) is 9.51. The van der Waals surface area contributed by atoms with Gasteiger partial charge in [-0.2, -0.15) is 0 Å². The molecule has 1 unspecified atom stereocenters. The van der Waals surface area contributed by atoms with Crippen LogP contribution in [0.25, 0.3) is 0 Å². The van der Waals surface area contributed by atoms with Crippen molar-refractivity contribution in [2.45, 2.75) is 76.0 Å². The Bertz CT molecular complexity index is 895. The summed E-state index contributed by atoms with van der Waals surface area (Å²) in [6.07, 6.45) is 8.39. The molecule has 1 aromatic carbocycles. The highest BCUT2D eigenvalue weighted by Crippen LogP contribution is 2.35. The number of carbonyl (C=O) groups is 3. The molecule has 3 heterocycles. The van der Waals surface area contributed by atoms with Crippen LogP contribution < -0.4 is 10.2 Å². The number of benzene rings is 1. The molecule has 3 aliphatic heterocycles. The highest BCUT2D eigenvalue weighted by molar-refractivity contribution is 6.05. The zero-order chi connectivity index (χ0) is 21.5. The Kier molecular flexibility index (Phi) is 5.46. The fourth-order valence-electron chi connectivity index (χ4n) is 6.02. The number of hydrogen-bond donors (Lipinski definition) is 1. The maximum Gasteiger partial charge on any atom is 0.255 e. The molecule has 0 radical (unpaired) electrons. The van der Waals surface area contributed by atoms with Crippen molar-refractivity contribution < 1.29 is 14.4 Å². The van der Waals surface area contributed by atoms with Crippen molar-refractivity contribution in [3.05, 3.63) is 29.3 Å². The lowest BCUT2D eigenvalue weighted by molar-refractivity contribution is -0.136. The van der Waals surface area contributed by atoms with E-state index in [-0.39, 0.29) is 24.1 Å². The third kappa shape index (κ3) is 3.73. The van der Waals surface area contributed by atoms with E-state index in [0.717, 1.165) is 11.3 Å². The lowest BCUT2D eigenvalue weighted by atomic mass is 10.0. The van der Waals surface area contributed by atoms with Crippen molar-refractivity contribution in [1.29, 1.82) is 0 Å². The Morgan fingerprint density at radius 3 is 2.58 bits per heavy atom. The smallest absolute Gasteiger partial charge is 0.255 e. The minimum absolute atomic E-state index is 0.106. The number of likely N-dealkylation sites (N-methyl/N-ethyl adjacent to an activating group) is 1. The second-order valence-electron chi connectivity index (χ2n) is 9.51. The Hall–Kier alpha value is -2.41. The number of hydrogen-bond acceptors (Lipinski definition) is 5. The summed E-state index contributed by atoms with van der Waals surface area (Å²) in [4.78, 5) is 43.4. The molecule has 3 atom stereocenters. The van der Waals surface area contributed by atoms with E-state index in [9.17, 15) is 14.4 Å². The first-order valence-electron chi connectivity index (χ1n) is 11.8. The number of amides is 3. The van der Waals surface area contributed by atoms with Crippen LogP contribution in [0, 0.1) is 0 Å². The van der Waals surface area contributed by atoms with Crippen molar-refractivity contribution in [3.8, 4) is 0 Å². The molecule has 0 bridgehead atoms. The standard InChI is InChI=1S/C24H32N4O3/c1-26(19-6-5-7-20(19)27-12-3-2-4-13-27)17-8-9-18-16(14-17)15-28(24(18)31)21-10-11-22(29)25-23(21)30/h8-9,14,19-21H,2-7,10-13,15H2,1H3,(H,25,29,30)/t19-,20+,21?/m0/s1. The molecule has 0 spiro atoms. The zero-order valence-corrected chi connectivity index (χ0v) is 18.3. The maximum atomic E-state index is 13.0. The molecule has 4 aliphatic rings. The van der Waals surface area contributed by atoms with Gasteiger partial charge in [-0.15, -0.1) is 0 Å². The van der Waals surface area contributed by atoms with Gasteiger partial charge in [-0.25, -0.2) is 0 Å². The molecule has 2 saturated heterocycles. The third-order valence-electron chi connectivity index (χ3n) is 7.72. The summed E-state index contributed by atoms with van der Waals surface area (Å²) in [5, 5.41) is 2.37. The zero-order valence-electron chi connectivity index (χ0n) is 18.3. The number of rotatable bonds is 4. The Balaban J connectivity index is 1.33. The molecular weight excluding hydrogens is 392 g/mol. The third-order valence-corrected chi connectivity index (χ3v) is 7.72. The lowest BCUT2D eigenvalue weighted by Gasteiger charge is -2.40. The van der Waals surface area contributed by atoms with Crippen LogP contribution in [0.5, 0.6) is 0 Å². The molecule has 3 amide bonds. The maximum absolute atomic E-state index is 13.0. The van der Waals surface area contributed by atoms with E-state index < -0.39 is 6.04 Å². The van der Waals surface area contributed by atoms with Crippen LogP contribution in [0.1, 0.15) is 67.3 Å². The summed E-state index contributed by atoms with van der Waals surface area (Å²) in [6.45, 7) is 2.87. The van der Waals surface area contributed by atoms with Crippen LogP contribution in [0.15, 0.2) is 18.2 Å². The van der Waals surface area contributed by atoms with Gasteiger partial charge < -0.3 is 9.80 Å². The first kappa shape index (κ1) is 20.5. The Morgan fingerprint density at radius 2 is 1.81 bits per heavy atom. The monoisotopic (exact) mass is 424 g/mol. The van der Waals surface area contributed by atoms with E-state index in [1.165, 1.54) is 51.6 Å². The predicted molar refractivity (Wildman–Crippen MR) is 118 cm³/mol. The SMILES string of the molecule is CN(c1ccc2c(c1)CN(C1CCC(=O)NC1=O)C2=O)[C@H]1CCC[C@H]1N1CCCCC1. The van der Waals surface area contributed by atoms with Gasteiger partial charge in [-0.05, 0) is 75.4 Å². The quantitative estimate of drug-likeness (QED) is 0.751. The van der Waals surface area contributed by atoms with E-state index in [0.29, 0.717) is 30.6 Å². The highest BCUT2D eigenvalue weighted by Gasteiger charge is 2.40. The number of piperidine rings is 2. The number of carbonyl (C=O) groups excluding carboxylic acids is 3. The van der Waals surface area contributed by atoms with Gasteiger partial charge in [-0.3, -0.25) is 24.6 Å². The average molecular weight is 425 g/mol. The van der Waals surface area contributed by atoms with Crippen LogP contribution >= 0.6 is 0 Å². The number of fused-ring (bicyclic) bond motifs is 1. The van der Waals surface area contributed by atoms with Crippen LogP contribution in [0.2, 0.25) is 0 Å². The lowest BCUT2D eigenvalue weighted by Crippen LogP contribution is -2.52. The molecule has 166 valence electrons. The summed E-state index contributed by atoms with van der Waals surface area (Å²) in [5.41, 5.74) is 2.80. The first-order chi connectivity index (χ1) is 15.0. The summed E-state index contributed by atoms with van der Waals surface area (Å²) in [6, 6.07) is 6.65. The van der Waals surface area contributed by atoms with Gasteiger partial charge >= 0.3 is 0 Å². The summed E-state index contributed by atoms with van der Waals surface area (Å²) in [5.74, 6) is -0.718. The molecule has 1 aliphatic carbocycles. The minimum atomic E-state index is -0.558. The number of nitrogens with zero attached hydrogens (tertiary/aromatic N) is 3. The predicted octanol–water partition coefficient (Wildman–Crippen LogP) is 2.29. The van der Waals surface area contributed by atoms with E-state index in [2.05, 4.69) is 34.3 Å². The van der Waals surface area contributed by atoms with Crippen molar-refractivity contribution in [2.75, 3.05) is 25.0 Å². The van der Waals surface area contributed by atoms with Crippen molar-refractivity contribution in [1.82, 2.24) is 15.1 Å². The van der Waals surface area contributed by atoms with Gasteiger partial charge in [0, 0.05) is 43.3 Å². The summed E-state index contributed by atoms with van der Waals surface area (Å²) < 4.78 is 0. The topological polar surface area (TPSA) is 73.0 Å². The van der Waals surface area contributed by atoms with Gasteiger partial charge in [0.25, 0.3) is 5.91 Å². The molecule has 1 N–H and O–H groups in total. The molecule has 1 aromatic rings. The number of imide groups is 1. The Morgan fingerprint density at radius 1 is 1.00 bits per heavy atom. The Labute approximate surface area is 183 Å². The van der Waals surface area contributed by atoms with Gasteiger partial charge in [0.15, 0.2) is 0 Å². The first-order valence-corrected chi connectivity index (χ1v) is 11.8. The van der Waals surface area contributed by atoms with Crippen LogP contribution in [-0.4, -0.2) is 65.8 Å². The molecule has 7 heteroatoms. The van der Waals surface area contributed by atoms with Gasteiger partial charge in [0.05, 0.1) is 0 Å². The van der Waals surface area contributed by atoms with E-state index in [1.54, 1.807) is 4.90 Å². The summed E-state index contributed by atoms with van der Waals surface area (Å²) in [7, 11) is 2.18. The van der Waals surface area contributed by atoms with Crippen LogP contribution in [-0.2, 0) is 16.1 Å². The van der Waals surface area contributed by atoms with E-state index >= 15 is 0 Å². The largest absolute Gasteiger partial charge is 0.370 e. The van der Waals surface area contributed by atoms with Crippen molar-refractivity contribution >= 4 is 23.4 Å². The summed E-state index contributed by atoms with van der Waals surface area (Å²) >= 11 is 0.